The van der Waals surface area contributed by atoms with Crippen molar-refractivity contribution >= 4 is 21.8 Å². The predicted molar refractivity (Wildman–Crippen MR) is 100 cm³/mol. The molecule has 3 nitrogen and oxygen atoms in total. The number of halogens is 1. The van der Waals surface area contributed by atoms with Crippen LogP contribution in [0.4, 0.5) is 0 Å². The van der Waals surface area contributed by atoms with Crippen LogP contribution in [0.1, 0.15) is 35.6 Å². The molecular formula is C20H23BrN2O. The van der Waals surface area contributed by atoms with Crippen molar-refractivity contribution in [1.29, 1.82) is 0 Å². The largest absolute Gasteiger partial charge is 0.352 e. The number of nitrogens with one attached hydrogen (secondary N) is 2. The quantitative estimate of drug-likeness (QED) is 0.789. The third-order valence-electron chi connectivity index (χ3n) is 4.66. The molecule has 1 unspecified atom stereocenters. The number of rotatable bonds is 6. The number of benzene rings is 2. The van der Waals surface area contributed by atoms with Gasteiger partial charge in [0.05, 0.1) is 0 Å². The lowest BCUT2D eigenvalue weighted by atomic mass is 9.96. The molecule has 1 aliphatic heterocycles. The molecule has 24 heavy (non-hydrogen) atoms. The molecule has 1 amide bonds. The van der Waals surface area contributed by atoms with E-state index in [1.807, 2.05) is 18.2 Å². The first-order chi connectivity index (χ1) is 11.7. The summed E-state index contributed by atoms with van der Waals surface area (Å²) < 4.78 is 1.07. The molecule has 0 saturated heterocycles. The number of carbonyl (C=O) groups excluding carboxylic acids is 1. The molecule has 1 aliphatic rings. The summed E-state index contributed by atoms with van der Waals surface area (Å²) in [7, 11) is 0. The molecule has 0 fully saturated rings. The van der Waals surface area contributed by atoms with Gasteiger partial charge in [-0.3, -0.25) is 4.79 Å². The van der Waals surface area contributed by atoms with Gasteiger partial charge in [0, 0.05) is 30.0 Å². The van der Waals surface area contributed by atoms with E-state index in [1.54, 1.807) is 0 Å². The van der Waals surface area contributed by atoms with Gasteiger partial charge in [0.2, 0.25) is 5.91 Å². The number of carbonyl (C=O) groups is 1. The van der Waals surface area contributed by atoms with Crippen molar-refractivity contribution in [2.45, 2.75) is 39.4 Å². The van der Waals surface area contributed by atoms with Crippen molar-refractivity contribution < 1.29 is 4.79 Å². The van der Waals surface area contributed by atoms with Crippen LogP contribution >= 0.6 is 15.9 Å². The Morgan fingerprint density at radius 2 is 2.00 bits per heavy atom. The van der Waals surface area contributed by atoms with Crippen molar-refractivity contribution in [3.63, 3.8) is 0 Å². The van der Waals surface area contributed by atoms with Crippen LogP contribution < -0.4 is 10.6 Å². The third-order valence-corrected chi connectivity index (χ3v) is 5.43. The van der Waals surface area contributed by atoms with Gasteiger partial charge in [0.15, 0.2) is 0 Å². The molecule has 2 aromatic carbocycles. The van der Waals surface area contributed by atoms with Crippen LogP contribution in [0.15, 0.2) is 46.9 Å². The molecule has 1 heterocycles. The fourth-order valence-electron chi connectivity index (χ4n) is 3.14. The Bertz CT molecular complexity index is 729. The minimum absolute atomic E-state index is 0.000191. The van der Waals surface area contributed by atoms with Gasteiger partial charge in [0.25, 0.3) is 0 Å². The van der Waals surface area contributed by atoms with E-state index in [9.17, 15) is 4.79 Å². The summed E-state index contributed by atoms with van der Waals surface area (Å²) in [6.45, 7) is 4.54. The Hall–Kier alpha value is -1.65. The molecule has 2 N–H and O–H groups in total. The molecule has 0 aliphatic carbocycles. The van der Waals surface area contributed by atoms with Gasteiger partial charge in [-0.15, -0.1) is 0 Å². The monoisotopic (exact) mass is 386 g/mol. The fraction of sp³-hybridized carbons (Fsp3) is 0.350. The normalized spacial score (nSPS) is 14.2. The molecule has 1 atom stereocenters. The van der Waals surface area contributed by atoms with E-state index in [2.05, 4.69) is 57.8 Å². The smallest absolute Gasteiger partial charge is 0.223 e. The summed E-state index contributed by atoms with van der Waals surface area (Å²) in [5.74, 6) is 0.131. The molecule has 4 heteroatoms. The van der Waals surface area contributed by atoms with Crippen LogP contribution in [0.3, 0.4) is 0 Å². The van der Waals surface area contributed by atoms with Crippen LogP contribution in [-0.4, -0.2) is 5.91 Å². The van der Waals surface area contributed by atoms with E-state index in [1.165, 1.54) is 22.3 Å². The first-order valence-electron chi connectivity index (χ1n) is 8.50. The Balaban J connectivity index is 1.59. The van der Waals surface area contributed by atoms with Crippen LogP contribution in [0.25, 0.3) is 0 Å². The standard InChI is InChI=1S/C20H23BrN2O/c1-2-15(10-16-5-3-4-6-19(16)21)20(24)23-11-14-7-8-17-12-22-13-18(17)9-14/h3-9,15,22H,2,10-13H2,1H3,(H,23,24). The van der Waals surface area contributed by atoms with Gasteiger partial charge < -0.3 is 10.6 Å². The first-order valence-corrected chi connectivity index (χ1v) is 9.29. The molecule has 0 spiro atoms. The summed E-state index contributed by atoms with van der Waals surface area (Å²) in [5.41, 5.74) is 5.07. The molecule has 0 saturated carbocycles. The molecule has 0 bridgehead atoms. The lowest BCUT2D eigenvalue weighted by Gasteiger charge is -2.16. The maximum absolute atomic E-state index is 12.6. The van der Waals surface area contributed by atoms with Gasteiger partial charge in [-0.2, -0.15) is 0 Å². The minimum Gasteiger partial charge on any atom is -0.352 e. The topological polar surface area (TPSA) is 41.1 Å². The highest BCUT2D eigenvalue weighted by molar-refractivity contribution is 9.10. The zero-order valence-corrected chi connectivity index (χ0v) is 15.5. The van der Waals surface area contributed by atoms with Crippen molar-refractivity contribution in [3.8, 4) is 0 Å². The number of hydrogen-bond acceptors (Lipinski definition) is 2. The average Bonchev–Trinajstić information content (AvgIpc) is 3.06. The lowest BCUT2D eigenvalue weighted by molar-refractivity contribution is -0.125. The number of fused-ring (bicyclic) bond motifs is 1. The summed E-state index contributed by atoms with van der Waals surface area (Å²) in [6, 6.07) is 14.6. The van der Waals surface area contributed by atoms with Crippen molar-refractivity contribution in [3.05, 3.63) is 69.2 Å². The van der Waals surface area contributed by atoms with Gasteiger partial charge >= 0.3 is 0 Å². The van der Waals surface area contributed by atoms with E-state index in [4.69, 9.17) is 0 Å². The highest BCUT2D eigenvalue weighted by Gasteiger charge is 2.18. The van der Waals surface area contributed by atoms with Crippen LogP contribution in [0.5, 0.6) is 0 Å². The Labute approximate surface area is 152 Å². The summed E-state index contributed by atoms with van der Waals surface area (Å²) >= 11 is 3.57. The van der Waals surface area contributed by atoms with Crippen molar-refractivity contribution in [2.75, 3.05) is 0 Å². The van der Waals surface area contributed by atoms with E-state index < -0.39 is 0 Å². The second kappa shape index (κ2) is 7.95. The third kappa shape index (κ3) is 4.05. The van der Waals surface area contributed by atoms with Crippen LogP contribution in [-0.2, 0) is 30.8 Å². The number of hydrogen-bond donors (Lipinski definition) is 2. The second-order valence-electron chi connectivity index (χ2n) is 6.33. The highest BCUT2D eigenvalue weighted by atomic mass is 79.9. The molecule has 3 rings (SSSR count). The van der Waals surface area contributed by atoms with Crippen LogP contribution in [0, 0.1) is 5.92 Å². The summed E-state index contributed by atoms with van der Waals surface area (Å²) in [6.07, 6.45) is 1.60. The van der Waals surface area contributed by atoms with Crippen molar-refractivity contribution in [1.82, 2.24) is 10.6 Å². The maximum Gasteiger partial charge on any atom is 0.223 e. The van der Waals surface area contributed by atoms with E-state index in [0.717, 1.165) is 30.4 Å². The van der Waals surface area contributed by atoms with E-state index in [-0.39, 0.29) is 11.8 Å². The maximum atomic E-state index is 12.6. The Morgan fingerprint density at radius 1 is 1.21 bits per heavy atom. The van der Waals surface area contributed by atoms with Crippen LogP contribution in [0.2, 0.25) is 0 Å². The second-order valence-corrected chi connectivity index (χ2v) is 7.18. The molecule has 0 radical (unpaired) electrons. The highest BCUT2D eigenvalue weighted by Crippen LogP contribution is 2.21. The van der Waals surface area contributed by atoms with Gasteiger partial charge in [-0.25, -0.2) is 0 Å². The summed E-state index contributed by atoms with van der Waals surface area (Å²) in [4.78, 5) is 12.6. The summed E-state index contributed by atoms with van der Waals surface area (Å²) in [5, 5.41) is 6.45. The SMILES string of the molecule is CCC(Cc1ccccc1Br)C(=O)NCc1ccc2c(c1)CNC2. The predicted octanol–water partition coefficient (Wildman–Crippen LogP) is 3.94. The molecular weight excluding hydrogens is 364 g/mol. The average molecular weight is 387 g/mol. The van der Waals surface area contributed by atoms with E-state index in [0.29, 0.717) is 6.54 Å². The Morgan fingerprint density at radius 3 is 2.79 bits per heavy atom. The zero-order valence-electron chi connectivity index (χ0n) is 13.9. The zero-order chi connectivity index (χ0) is 16.9. The van der Waals surface area contributed by atoms with Crippen molar-refractivity contribution in [2.24, 2.45) is 5.92 Å². The first kappa shape index (κ1) is 17.2. The molecule has 0 aromatic heterocycles. The van der Waals surface area contributed by atoms with E-state index >= 15 is 0 Å². The van der Waals surface area contributed by atoms with Gasteiger partial charge in [-0.05, 0) is 41.2 Å². The van der Waals surface area contributed by atoms with Gasteiger partial charge in [-0.1, -0.05) is 59.3 Å². The lowest BCUT2D eigenvalue weighted by Crippen LogP contribution is -2.31. The van der Waals surface area contributed by atoms with Gasteiger partial charge in [0.1, 0.15) is 0 Å². The fourth-order valence-corrected chi connectivity index (χ4v) is 3.59. The molecule has 126 valence electrons. The minimum atomic E-state index is -0.000191. The molecule has 2 aromatic rings. The number of amides is 1. The Kier molecular flexibility index (Phi) is 5.69.